The number of para-hydroxylation sites is 1. The molecular formula is C26H26N6O6S. The van der Waals surface area contributed by atoms with E-state index in [1.165, 1.54) is 10.7 Å². The van der Waals surface area contributed by atoms with Crippen LogP contribution in [-0.2, 0) is 16.6 Å². The van der Waals surface area contributed by atoms with Gasteiger partial charge < -0.3 is 10.1 Å². The summed E-state index contributed by atoms with van der Waals surface area (Å²) in [5, 5.41) is 18.7. The first-order chi connectivity index (χ1) is 18.6. The molecule has 2 aromatic heterocycles. The van der Waals surface area contributed by atoms with Gasteiger partial charge in [0.1, 0.15) is 10.6 Å². The van der Waals surface area contributed by atoms with E-state index in [2.05, 4.69) is 20.1 Å². The number of amides is 1. The first kappa shape index (κ1) is 27.4. The Balaban J connectivity index is 1.79. The molecular weight excluding hydrogens is 524 g/mol. The number of hydrogen-bond acceptors (Lipinski definition) is 8. The van der Waals surface area contributed by atoms with E-state index in [-0.39, 0.29) is 23.9 Å². The summed E-state index contributed by atoms with van der Waals surface area (Å²) in [5.74, 6) is -0.576. The second-order valence-electron chi connectivity index (χ2n) is 8.84. The molecule has 0 aliphatic carbocycles. The van der Waals surface area contributed by atoms with E-state index >= 15 is 0 Å². The van der Waals surface area contributed by atoms with E-state index in [0.29, 0.717) is 11.3 Å². The fourth-order valence-corrected chi connectivity index (χ4v) is 5.11. The zero-order chi connectivity index (χ0) is 28.2. The van der Waals surface area contributed by atoms with Crippen LogP contribution in [0.3, 0.4) is 0 Å². The quantitative estimate of drug-likeness (QED) is 0.222. The Labute approximate surface area is 224 Å². The molecule has 2 heterocycles. The van der Waals surface area contributed by atoms with Gasteiger partial charge in [-0.15, -0.1) is 0 Å². The van der Waals surface area contributed by atoms with Crippen molar-refractivity contribution in [2.75, 3.05) is 0 Å². The van der Waals surface area contributed by atoms with E-state index in [0.717, 1.165) is 17.7 Å². The lowest BCUT2D eigenvalue weighted by Crippen LogP contribution is -2.30. The van der Waals surface area contributed by atoms with Crippen molar-refractivity contribution < 1.29 is 22.9 Å². The predicted molar refractivity (Wildman–Crippen MR) is 142 cm³/mol. The fraction of sp³-hybridized carbons (Fsp3) is 0.192. The van der Waals surface area contributed by atoms with Gasteiger partial charge in [0.2, 0.25) is 15.9 Å². The number of ether oxygens (including phenoxy) is 1. The SMILES string of the molecule is Cc1c(C(=O)NCc2cccnc2)nn(-c2ccccc2)c1Oc1ccc([N+](=O)[O-])cc1S(=O)(=O)NC(C)C. The van der Waals surface area contributed by atoms with E-state index in [1.807, 2.05) is 6.07 Å². The van der Waals surface area contributed by atoms with Gasteiger partial charge in [0.25, 0.3) is 11.6 Å². The zero-order valence-corrected chi connectivity index (χ0v) is 22.2. The highest BCUT2D eigenvalue weighted by atomic mass is 32.2. The van der Waals surface area contributed by atoms with E-state index < -0.39 is 37.5 Å². The zero-order valence-electron chi connectivity index (χ0n) is 21.4. The van der Waals surface area contributed by atoms with Gasteiger partial charge in [-0.05, 0) is 50.6 Å². The second-order valence-corrected chi connectivity index (χ2v) is 10.5. The van der Waals surface area contributed by atoms with Crippen molar-refractivity contribution in [2.45, 2.75) is 38.3 Å². The first-order valence-electron chi connectivity index (χ1n) is 11.9. The molecule has 0 radical (unpaired) electrons. The lowest BCUT2D eigenvalue weighted by molar-refractivity contribution is -0.385. The maximum Gasteiger partial charge on any atom is 0.272 e. The van der Waals surface area contributed by atoms with Crippen LogP contribution in [0.5, 0.6) is 11.6 Å². The van der Waals surface area contributed by atoms with Crippen LogP contribution in [0.2, 0.25) is 0 Å². The molecule has 13 heteroatoms. The van der Waals surface area contributed by atoms with Crippen molar-refractivity contribution in [3.05, 3.63) is 100.0 Å². The number of non-ortho nitro benzene ring substituents is 1. The largest absolute Gasteiger partial charge is 0.437 e. The molecule has 0 aliphatic heterocycles. The Kier molecular flexibility index (Phi) is 8.02. The molecule has 2 N–H and O–H groups in total. The number of nitro benzene ring substituents is 1. The number of carbonyl (C=O) groups is 1. The van der Waals surface area contributed by atoms with Crippen LogP contribution in [0.25, 0.3) is 5.69 Å². The molecule has 4 aromatic rings. The first-order valence-corrected chi connectivity index (χ1v) is 13.4. The van der Waals surface area contributed by atoms with Crippen LogP contribution in [0.1, 0.15) is 35.5 Å². The summed E-state index contributed by atoms with van der Waals surface area (Å²) in [6.07, 6.45) is 3.26. The normalized spacial score (nSPS) is 11.4. The standard InChI is InChI=1S/C26H26N6O6S/c1-17(2)30-39(36,37)23-14-21(32(34)35)11-12-22(23)38-26-18(3)24(29-31(26)20-9-5-4-6-10-20)25(33)28-16-19-8-7-13-27-15-19/h4-15,17,30H,16H2,1-3H3,(H,28,33). The molecule has 1 amide bonds. The lowest BCUT2D eigenvalue weighted by atomic mass is 10.2. The molecule has 0 bridgehead atoms. The van der Waals surface area contributed by atoms with Gasteiger partial charge in [-0.2, -0.15) is 9.78 Å². The van der Waals surface area contributed by atoms with Crippen LogP contribution in [0, 0.1) is 17.0 Å². The monoisotopic (exact) mass is 550 g/mol. The summed E-state index contributed by atoms with van der Waals surface area (Å²) in [6, 6.07) is 15.2. The number of hydrogen-bond donors (Lipinski definition) is 2. The third-order valence-corrected chi connectivity index (χ3v) is 7.16. The average Bonchev–Trinajstić information content (AvgIpc) is 3.23. The molecule has 12 nitrogen and oxygen atoms in total. The van der Waals surface area contributed by atoms with Gasteiger partial charge in [-0.1, -0.05) is 24.3 Å². The second kappa shape index (κ2) is 11.4. The number of rotatable bonds is 10. The van der Waals surface area contributed by atoms with Gasteiger partial charge in [-0.3, -0.25) is 19.9 Å². The molecule has 0 spiro atoms. The summed E-state index contributed by atoms with van der Waals surface area (Å²) in [6.45, 7) is 5.08. The van der Waals surface area contributed by atoms with Gasteiger partial charge in [-0.25, -0.2) is 13.1 Å². The maximum absolute atomic E-state index is 13.1. The van der Waals surface area contributed by atoms with Crippen LogP contribution >= 0.6 is 0 Å². The molecule has 0 atom stereocenters. The number of aromatic nitrogens is 3. The molecule has 39 heavy (non-hydrogen) atoms. The average molecular weight is 551 g/mol. The summed E-state index contributed by atoms with van der Waals surface area (Å²) < 4.78 is 36.1. The minimum atomic E-state index is -4.20. The Morgan fingerprint density at radius 3 is 2.51 bits per heavy atom. The molecule has 2 aromatic carbocycles. The molecule has 0 aliphatic rings. The number of carbonyl (C=O) groups excluding carboxylic acids is 1. The molecule has 0 saturated carbocycles. The molecule has 0 unspecified atom stereocenters. The van der Waals surface area contributed by atoms with Crippen molar-refractivity contribution >= 4 is 21.6 Å². The van der Waals surface area contributed by atoms with Crippen molar-refractivity contribution in [1.29, 1.82) is 0 Å². The van der Waals surface area contributed by atoms with Crippen LogP contribution < -0.4 is 14.8 Å². The van der Waals surface area contributed by atoms with Crippen molar-refractivity contribution in [1.82, 2.24) is 24.8 Å². The minimum Gasteiger partial charge on any atom is -0.437 e. The third kappa shape index (κ3) is 6.27. The number of benzene rings is 2. The highest BCUT2D eigenvalue weighted by Gasteiger charge is 2.28. The Morgan fingerprint density at radius 1 is 1.13 bits per heavy atom. The van der Waals surface area contributed by atoms with Gasteiger partial charge in [0.05, 0.1) is 10.6 Å². The van der Waals surface area contributed by atoms with Crippen molar-refractivity contribution in [3.8, 4) is 17.3 Å². The number of nitrogens with one attached hydrogen (secondary N) is 2. The van der Waals surface area contributed by atoms with Gasteiger partial charge in [0.15, 0.2) is 5.69 Å². The number of sulfonamides is 1. The van der Waals surface area contributed by atoms with Crippen LogP contribution in [0.4, 0.5) is 5.69 Å². The molecule has 0 saturated heterocycles. The maximum atomic E-state index is 13.1. The van der Waals surface area contributed by atoms with E-state index in [4.69, 9.17) is 4.74 Å². The van der Waals surface area contributed by atoms with Gasteiger partial charge >= 0.3 is 0 Å². The topological polar surface area (TPSA) is 158 Å². The van der Waals surface area contributed by atoms with E-state index in [9.17, 15) is 23.3 Å². The summed E-state index contributed by atoms with van der Waals surface area (Å²) in [4.78, 5) is 27.4. The number of nitro groups is 1. The highest BCUT2D eigenvalue weighted by Crippen LogP contribution is 2.35. The Bertz CT molecular complexity index is 1600. The molecule has 0 fully saturated rings. The fourth-order valence-electron chi connectivity index (χ4n) is 3.71. The number of pyridine rings is 1. The minimum absolute atomic E-state index is 0.0596. The third-order valence-electron chi connectivity index (χ3n) is 5.49. The lowest BCUT2D eigenvalue weighted by Gasteiger charge is -2.15. The highest BCUT2D eigenvalue weighted by molar-refractivity contribution is 7.89. The Hall–Kier alpha value is -4.62. The molecule has 4 rings (SSSR count). The van der Waals surface area contributed by atoms with Crippen molar-refractivity contribution in [2.24, 2.45) is 0 Å². The van der Waals surface area contributed by atoms with E-state index in [1.54, 1.807) is 69.6 Å². The summed E-state index contributed by atoms with van der Waals surface area (Å²) >= 11 is 0. The summed E-state index contributed by atoms with van der Waals surface area (Å²) in [7, 11) is -4.20. The smallest absolute Gasteiger partial charge is 0.272 e. The van der Waals surface area contributed by atoms with Crippen LogP contribution in [0.15, 0.2) is 78.0 Å². The summed E-state index contributed by atoms with van der Waals surface area (Å²) in [5.41, 5.74) is 1.31. The van der Waals surface area contributed by atoms with Crippen molar-refractivity contribution in [3.63, 3.8) is 0 Å². The van der Waals surface area contributed by atoms with Crippen LogP contribution in [-0.4, -0.2) is 40.1 Å². The predicted octanol–water partition coefficient (Wildman–Crippen LogP) is 3.89. The van der Waals surface area contributed by atoms with Gasteiger partial charge in [0, 0.05) is 42.7 Å². The Morgan fingerprint density at radius 2 is 1.87 bits per heavy atom. The number of nitrogens with zero attached hydrogens (tertiary/aromatic N) is 4. The molecule has 202 valence electrons.